The molecule has 28 heavy (non-hydrogen) atoms. The summed E-state index contributed by atoms with van der Waals surface area (Å²) < 4.78 is 0. The lowest BCUT2D eigenvalue weighted by Crippen LogP contribution is -2.32. The van der Waals surface area contributed by atoms with E-state index >= 15 is 0 Å². The molecule has 0 spiro atoms. The van der Waals surface area contributed by atoms with Crippen molar-refractivity contribution in [1.82, 2.24) is 14.9 Å². The molecule has 8 nitrogen and oxygen atoms in total. The third-order valence-corrected chi connectivity index (χ3v) is 4.75. The molecule has 2 aromatic rings. The van der Waals surface area contributed by atoms with E-state index in [0.717, 1.165) is 44.5 Å². The number of likely N-dealkylation sites (tertiary alicyclic amines) is 1. The van der Waals surface area contributed by atoms with Crippen LogP contribution in [-0.4, -0.2) is 45.3 Å². The summed E-state index contributed by atoms with van der Waals surface area (Å²) in [6, 6.07) is 8.16. The minimum absolute atomic E-state index is 0.0132. The molecule has 1 aromatic heterocycles. The molecule has 1 aromatic carbocycles. The van der Waals surface area contributed by atoms with Crippen LogP contribution in [0.1, 0.15) is 37.8 Å². The number of aryl methyl sites for hydroxylation is 1. The highest BCUT2D eigenvalue weighted by Crippen LogP contribution is 2.22. The summed E-state index contributed by atoms with van der Waals surface area (Å²) in [5.74, 6) is 1.38. The van der Waals surface area contributed by atoms with E-state index in [1.54, 1.807) is 12.1 Å². The maximum atomic E-state index is 12.0. The Kier molecular flexibility index (Phi) is 6.52. The van der Waals surface area contributed by atoms with Gasteiger partial charge in [-0.3, -0.25) is 14.9 Å². The number of rotatable bonds is 7. The minimum Gasteiger partial charge on any atom is -0.370 e. The molecule has 0 unspecified atom stereocenters. The first-order chi connectivity index (χ1) is 13.5. The second-order valence-corrected chi connectivity index (χ2v) is 7.00. The van der Waals surface area contributed by atoms with Crippen molar-refractivity contribution in [3.8, 4) is 11.4 Å². The van der Waals surface area contributed by atoms with E-state index in [1.807, 2.05) is 17.9 Å². The zero-order valence-corrected chi connectivity index (χ0v) is 16.1. The van der Waals surface area contributed by atoms with Gasteiger partial charge in [0.2, 0.25) is 5.91 Å². The first-order valence-corrected chi connectivity index (χ1v) is 9.65. The smallest absolute Gasteiger partial charge is 0.270 e. The Morgan fingerprint density at radius 2 is 2.07 bits per heavy atom. The number of carbonyl (C=O) groups excluding carboxylic acids is 1. The van der Waals surface area contributed by atoms with Gasteiger partial charge < -0.3 is 10.2 Å². The van der Waals surface area contributed by atoms with Crippen molar-refractivity contribution < 1.29 is 9.72 Å². The highest BCUT2D eigenvalue weighted by Gasteiger charge is 2.15. The third-order valence-electron chi connectivity index (χ3n) is 4.75. The zero-order valence-electron chi connectivity index (χ0n) is 16.1. The Morgan fingerprint density at radius 3 is 2.89 bits per heavy atom. The first kappa shape index (κ1) is 19.7. The van der Waals surface area contributed by atoms with E-state index in [0.29, 0.717) is 30.2 Å². The van der Waals surface area contributed by atoms with Gasteiger partial charge in [0.25, 0.3) is 5.69 Å². The lowest BCUT2D eigenvalue weighted by Gasteiger charge is -2.20. The van der Waals surface area contributed by atoms with Gasteiger partial charge >= 0.3 is 0 Å². The first-order valence-electron chi connectivity index (χ1n) is 9.65. The van der Waals surface area contributed by atoms with Crippen LogP contribution in [0.2, 0.25) is 0 Å². The molecule has 0 bridgehead atoms. The van der Waals surface area contributed by atoms with Crippen molar-refractivity contribution in [1.29, 1.82) is 0 Å². The fraction of sp³-hybridized carbons (Fsp3) is 0.450. The zero-order chi connectivity index (χ0) is 19.9. The van der Waals surface area contributed by atoms with Crippen LogP contribution >= 0.6 is 0 Å². The number of aromatic nitrogens is 2. The summed E-state index contributed by atoms with van der Waals surface area (Å²) in [6.07, 6.45) is 4.69. The van der Waals surface area contributed by atoms with Gasteiger partial charge in [-0.05, 0) is 26.2 Å². The largest absolute Gasteiger partial charge is 0.370 e. The fourth-order valence-corrected chi connectivity index (χ4v) is 3.31. The van der Waals surface area contributed by atoms with Crippen LogP contribution in [0.3, 0.4) is 0 Å². The van der Waals surface area contributed by atoms with Crippen molar-refractivity contribution in [3.63, 3.8) is 0 Å². The van der Waals surface area contributed by atoms with Gasteiger partial charge in [-0.2, -0.15) is 0 Å². The quantitative estimate of drug-likeness (QED) is 0.446. The Morgan fingerprint density at radius 1 is 1.21 bits per heavy atom. The van der Waals surface area contributed by atoms with Crippen LogP contribution in [0, 0.1) is 17.0 Å². The predicted octanol–water partition coefficient (Wildman–Crippen LogP) is 3.56. The molecular formula is C20H25N5O3. The van der Waals surface area contributed by atoms with Crippen LogP contribution in [0.5, 0.6) is 0 Å². The van der Waals surface area contributed by atoms with Gasteiger partial charge in [0.1, 0.15) is 5.82 Å². The maximum absolute atomic E-state index is 12.0. The standard InChI is InChI=1S/C20H25N5O3/c1-15-13-18(21-10-6-12-24-11-4-2-3-9-19(24)26)23-20(22-15)16-7-5-8-17(14-16)25(27)28/h5,7-8,13-14H,2-4,6,9-12H2,1H3,(H,21,22,23). The van der Waals surface area contributed by atoms with Crippen LogP contribution in [0.15, 0.2) is 30.3 Å². The number of hydrogen-bond acceptors (Lipinski definition) is 6. The predicted molar refractivity (Wildman–Crippen MR) is 107 cm³/mol. The molecule has 1 aliphatic rings. The number of nitrogens with zero attached hydrogens (tertiary/aromatic N) is 4. The lowest BCUT2D eigenvalue weighted by atomic mass is 10.2. The highest BCUT2D eigenvalue weighted by molar-refractivity contribution is 5.76. The van der Waals surface area contributed by atoms with E-state index in [-0.39, 0.29) is 11.6 Å². The van der Waals surface area contributed by atoms with Gasteiger partial charge in [-0.1, -0.05) is 18.6 Å². The van der Waals surface area contributed by atoms with E-state index < -0.39 is 4.92 Å². The Hall–Kier alpha value is -3.03. The van der Waals surface area contributed by atoms with Gasteiger partial charge in [-0.15, -0.1) is 0 Å². The van der Waals surface area contributed by atoms with Crippen molar-refractivity contribution >= 4 is 17.4 Å². The fourth-order valence-electron chi connectivity index (χ4n) is 3.31. The summed E-state index contributed by atoms with van der Waals surface area (Å²) in [5.41, 5.74) is 1.40. The molecule has 3 rings (SSSR count). The summed E-state index contributed by atoms with van der Waals surface area (Å²) >= 11 is 0. The molecule has 2 heterocycles. The summed E-state index contributed by atoms with van der Waals surface area (Å²) in [4.78, 5) is 33.4. The topological polar surface area (TPSA) is 101 Å². The average Bonchev–Trinajstić information content (AvgIpc) is 2.89. The van der Waals surface area contributed by atoms with E-state index in [1.165, 1.54) is 12.1 Å². The molecular weight excluding hydrogens is 358 g/mol. The maximum Gasteiger partial charge on any atom is 0.270 e. The van der Waals surface area contributed by atoms with Gasteiger partial charge in [0.15, 0.2) is 5.82 Å². The number of hydrogen-bond donors (Lipinski definition) is 1. The van der Waals surface area contributed by atoms with Gasteiger partial charge in [-0.25, -0.2) is 9.97 Å². The molecule has 148 valence electrons. The van der Waals surface area contributed by atoms with E-state index in [4.69, 9.17) is 0 Å². The molecule has 0 saturated carbocycles. The second-order valence-electron chi connectivity index (χ2n) is 7.00. The summed E-state index contributed by atoms with van der Waals surface area (Å²) in [6.45, 7) is 4.15. The van der Waals surface area contributed by atoms with Crippen molar-refractivity contribution in [2.24, 2.45) is 0 Å². The van der Waals surface area contributed by atoms with Crippen molar-refractivity contribution in [3.05, 3.63) is 46.1 Å². The van der Waals surface area contributed by atoms with Crippen LogP contribution in [0.4, 0.5) is 11.5 Å². The minimum atomic E-state index is -0.428. The normalized spacial score (nSPS) is 14.6. The number of non-ortho nitro benzene ring substituents is 1. The molecule has 0 aliphatic carbocycles. The molecule has 0 radical (unpaired) electrons. The number of anilines is 1. The highest BCUT2D eigenvalue weighted by atomic mass is 16.6. The van der Waals surface area contributed by atoms with Gasteiger partial charge in [0, 0.05) is 55.5 Å². The molecule has 8 heteroatoms. The number of amides is 1. The summed E-state index contributed by atoms with van der Waals surface area (Å²) in [7, 11) is 0. The molecule has 1 amide bonds. The Labute approximate surface area is 164 Å². The second kappa shape index (κ2) is 9.25. The number of nitro benzene ring substituents is 1. The molecule has 1 N–H and O–H groups in total. The lowest BCUT2D eigenvalue weighted by molar-refractivity contribution is -0.384. The van der Waals surface area contributed by atoms with Crippen LogP contribution in [-0.2, 0) is 4.79 Å². The molecule has 1 aliphatic heterocycles. The number of nitro groups is 1. The Bertz CT molecular complexity index is 855. The van der Waals surface area contributed by atoms with Crippen LogP contribution < -0.4 is 5.32 Å². The van der Waals surface area contributed by atoms with Crippen molar-refractivity contribution in [2.75, 3.05) is 25.0 Å². The third kappa shape index (κ3) is 5.25. The van der Waals surface area contributed by atoms with Crippen LogP contribution in [0.25, 0.3) is 11.4 Å². The summed E-state index contributed by atoms with van der Waals surface area (Å²) in [5, 5.41) is 14.3. The number of carbonyl (C=O) groups is 1. The van der Waals surface area contributed by atoms with E-state index in [9.17, 15) is 14.9 Å². The van der Waals surface area contributed by atoms with E-state index in [2.05, 4.69) is 15.3 Å². The molecule has 0 atom stereocenters. The van der Waals surface area contributed by atoms with Gasteiger partial charge in [0.05, 0.1) is 4.92 Å². The number of nitrogens with one attached hydrogen (secondary N) is 1. The van der Waals surface area contributed by atoms with Crippen molar-refractivity contribution in [2.45, 2.75) is 39.0 Å². The molecule has 1 saturated heterocycles. The Balaban J connectivity index is 1.61. The number of benzene rings is 1. The average molecular weight is 383 g/mol. The monoisotopic (exact) mass is 383 g/mol. The SMILES string of the molecule is Cc1cc(NCCCN2CCCCCC2=O)nc(-c2cccc([N+](=O)[O-])c2)n1. The molecule has 1 fully saturated rings.